The van der Waals surface area contributed by atoms with E-state index in [-0.39, 0.29) is 18.3 Å². The molecule has 0 bridgehead atoms. The van der Waals surface area contributed by atoms with E-state index in [9.17, 15) is 0 Å². The Hall–Kier alpha value is -2.73. The van der Waals surface area contributed by atoms with Crippen LogP contribution >= 0.6 is 11.3 Å². The third kappa shape index (κ3) is 2.92. The summed E-state index contributed by atoms with van der Waals surface area (Å²) in [4.78, 5) is 5.09. The molecule has 1 saturated heterocycles. The monoisotopic (exact) mass is 437 g/mol. The van der Waals surface area contributed by atoms with Crippen molar-refractivity contribution >= 4 is 55.0 Å². The van der Waals surface area contributed by atoms with E-state index < -0.39 is 0 Å². The molecule has 1 fully saturated rings. The van der Waals surface area contributed by atoms with E-state index in [4.69, 9.17) is 14.3 Å². The number of pyridine rings is 1. The van der Waals surface area contributed by atoms with Gasteiger partial charge in [-0.15, -0.1) is 11.3 Å². The van der Waals surface area contributed by atoms with Crippen LogP contribution in [0.1, 0.15) is 27.7 Å². The molecule has 5 aromatic rings. The highest BCUT2D eigenvalue weighted by Gasteiger charge is 2.51. The second kappa shape index (κ2) is 6.88. The molecule has 2 aromatic heterocycles. The summed E-state index contributed by atoms with van der Waals surface area (Å²) < 4.78 is 15.0. The fourth-order valence-electron chi connectivity index (χ4n) is 4.41. The number of para-hydroxylation sites is 1. The first-order valence-corrected chi connectivity index (χ1v) is 11.8. The first kappa shape index (κ1) is 19.9. The molecule has 0 spiro atoms. The maximum absolute atomic E-state index is 6.23. The number of hydrogen-bond donors (Lipinski definition) is 0. The van der Waals surface area contributed by atoms with Crippen LogP contribution in [0.3, 0.4) is 0 Å². The Morgan fingerprint density at radius 3 is 2.09 bits per heavy atom. The first-order valence-electron chi connectivity index (χ1n) is 11.0. The van der Waals surface area contributed by atoms with Gasteiger partial charge >= 0.3 is 7.12 Å². The molecule has 0 N–H and O–H groups in total. The van der Waals surface area contributed by atoms with Crippen LogP contribution in [0.5, 0.6) is 0 Å². The van der Waals surface area contributed by atoms with Crippen molar-refractivity contribution < 1.29 is 9.31 Å². The third-order valence-corrected chi connectivity index (χ3v) is 8.10. The summed E-state index contributed by atoms with van der Waals surface area (Å²) in [6.45, 7) is 8.33. The number of thiophene rings is 1. The van der Waals surface area contributed by atoms with Gasteiger partial charge in [-0.3, -0.25) is 0 Å². The molecule has 6 rings (SSSR count). The van der Waals surface area contributed by atoms with Crippen molar-refractivity contribution in [2.24, 2.45) is 0 Å². The zero-order chi connectivity index (χ0) is 22.1. The van der Waals surface area contributed by atoms with Crippen LogP contribution in [-0.4, -0.2) is 23.3 Å². The van der Waals surface area contributed by atoms with E-state index in [2.05, 4.69) is 100 Å². The van der Waals surface area contributed by atoms with Crippen LogP contribution in [-0.2, 0) is 9.31 Å². The van der Waals surface area contributed by atoms with Gasteiger partial charge in [-0.25, -0.2) is 4.98 Å². The van der Waals surface area contributed by atoms with E-state index >= 15 is 0 Å². The molecule has 32 heavy (non-hydrogen) atoms. The van der Waals surface area contributed by atoms with E-state index in [0.717, 1.165) is 22.2 Å². The van der Waals surface area contributed by atoms with E-state index in [1.807, 2.05) is 11.3 Å². The van der Waals surface area contributed by atoms with Crippen molar-refractivity contribution in [1.82, 2.24) is 4.98 Å². The highest BCUT2D eigenvalue weighted by molar-refractivity contribution is 7.26. The molecule has 0 unspecified atom stereocenters. The topological polar surface area (TPSA) is 31.4 Å². The number of hydrogen-bond acceptors (Lipinski definition) is 4. The average molecular weight is 437 g/mol. The van der Waals surface area contributed by atoms with Crippen molar-refractivity contribution in [1.29, 1.82) is 0 Å². The summed E-state index contributed by atoms with van der Waals surface area (Å²) in [7, 11) is -0.358. The second-order valence-electron chi connectivity index (χ2n) is 9.49. The van der Waals surface area contributed by atoms with Crippen molar-refractivity contribution in [2.75, 3.05) is 0 Å². The Morgan fingerprint density at radius 2 is 1.38 bits per heavy atom. The van der Waals surface area contributed by atoms with Crippen molar-refractivity contribution in [2.45, 2.75) is 38.9 Å². The smallest absolute Gasteiger partial charge is 0.399 e. The summed E-state index contributed by atoms with van der Waals surface area (Å²) in [6, 6.07) is 25.5. The zero-order valence-corrected chi connectivity index (χ0v) is 19.5. The minimum atomic E-state index is -0.358. The number of aromatic nitrogens is 1. The molecule has 0 saturated carbocycles. The molecular formula is C27H24BNO2S. The van der Waals surface area contributed by atoms with E-state index in [1.54, 1.807) is 0 Å². The van der Waals surface area contributed by atoms with Crippen molar-refractivity contribution in [3.63, 3.8) is 0 Å². The summed E-state index contributed by atoms with van der Waals surface area (Å²) >= 11 is 1.82. The Morgan fingerprint density at radius 1 is 0.750 bits per heavy atom. The summed E-state index contributed by atoms with van der Waals surface area (Å²) in [5.74, 6) is 0. The van der Waals surface area contributed by atoms with E-state index in [0.29, 0.717) is 0 Å². The fourth-order valence-corrected chi connectivity index (χ4v) is 5.64. The van der Waals surface area contributed by atoms with Crippen LogP contribution in [0, 0.1) is 0 Å². The summed E-state index contributed by atoms with van der Waals surface area (Å²) in [5.41, 5.74) is 3.49. The molecule has 1 aliphatic rings. The lowest BCUT2D eigenvalue weighted by Gasteiger charge is -2.32. The van der Waals surface area contributed by atoms with Gasteiger partial charge in [0.1, 0.15) is 0 Å². The lowest BCUT2D eigenvalue weighted by molar-refractivity contribution is 0.00578. The van der Waals surface area contributed by atoms with Gasteiger partial charge in [-0.2, -0.15) is 0 Å². The number of benzene rings is 3. The highest BCUT2D eigenvalue weighted by atomic mass is 32.1. The Bertz CT molecular complexity index is 1470. The maximum atomic E-state index is 6.23. The Balaban J connectivity index is 1.50. The number of rotatable bonds is 2. The van der Waals surface area contributed by atoms with Crippen LogP contribution in [0.4, 0.5) is 0 Å². The van der Waals surface area contributed by atoms with Crippen LogP contribution < -0.4 is 5.46 Å². The summed E-state index contributed by atoms with van der Waals surface area (Å²) in [6.07, 6.45) is 0. The average Bonchev–Trinajstić information content (AvgIpc) is 3.27. The maximum Gasteiger partial charge on any atom is 0.494 e. The lowest BCUT2D eigenvalue weighted by Crippen LogP contribution is -2.41. The fraction of sp³-hybridized carbons (Fsp3) is 0.222. The van der Waals surface area contributed by atoms with Crippen molar-refractivity contribution in [3.8, 4) is 11.3 Å². The molecule has 3 nitrogen and oxygen atoms in total. The number of nitrogens with zero attached hydrogens (tertiary/aromatic N) is 1. The predicted molar refractivity (Wildman–Crippen MR) is 136 cm³/mol. The standard InChI is InChI=1S/C27H24BNO2S/c1-26(2)27(3,4)31-28(30-26)18-15-13-17(14-16-18)24-25-23(19-9-5-7-11-21(19)29-24)20-10-6-8-12-22(20)32-25/h5-16H,1-4H3. The number of fused-ring (bicyclic) bond motifs is 5. The van der Waals surface area contributed by atoms with Gasteiger partial charge in [0.15, 0.2) is 0 Å². The Labute approximate surface area is 192 Å². The molecule has 0 radical (unpaired) electrons. The predicted octanol–water partition coefficient (Wildman–Crippen LogP) is 6.57. The molecule has 0 aliphatic carbocycles. The van der Waals surface area contributed by atoms with Gasteiger partial charge in [0.05, 0.1) is 27.1 Å². The quantitative estimate of drug-likeness (QED) is 0.293. The largest absolute Gasteiger partial charge is 0.494 e. The van der Waals surface area contributed by atoms with Crippen LogP contribution in [0.15, 0.2) is 72.8 Å². The van der Waals surface area contributed by atoms with Gasteiger partial charge < -0.3 is 9.31 Å². The van der Waals surface area contributed by atoms with E-state index in [1.165, 1.54) is 25.6 Å². The van der Waals surface area contributed by atoms with Gasteiger partial charge in [-0.1, -0.05) is 60.7 Å². The minimum absolute atomic E-state index is 0.348. The minimum Gasteiger partial charge on any atom is -0.399 e. The molecule has 3 heterocycles. The van der Waals surface area contributed by atoms with Gasteiger partial charge in [0, 0.05) is 26.4 Å². The van der Waals surface area contributed by atoms with Gasteiger partial charge in [0.25, 0.3) is 0 Å². The second-order valence-corrected chi connectivity index (χ2v) is 10.5. The molecule has 3 aromatic carbocycles. The molecule has 0 amide bonds. The molecule has 1 aliphatic heterocycles. The molecule has 0 atom stereocenters. The molecule has 158 valence electrons. The SMILES string of the molecule is CC1(C)OB(c2ccc(-c3nc4ccccc4c4c3sc3ccccc34)cc2)OC1(C)C. The normalized spacial score (nSPS) is 17.6. The van der Waals surface area contributed by atoms with Crippen LogP contribution in [0.25, 0.3) is 42.3 Å². The zero-order valence-electron chi connectivity index (χ0n) is 18.7. The van der Waals surface area contributed by atoms with Gasteiger partial charge in [0.2, 0.25) is 0 Å². The highest BCUT2D eigenvalue weighted by Crippen LogP contribution is 2.42. The van der Waals surface area contributed by atoms with Crippen molar-refractivity contribution in [3.05, 3.63) is 72.8 Å². The Kier molecular flexibility index (Phi) is 4.29. The lowest BCUT2D eigenvalue weighted by atomic mass is 9.78. The third-order valence-electron chi connectivity index (χ3n) is 6.93. The van der Waals surface area contributed by atoms with Gasteiger partial charge in [-0.05, 0) is 45.3 Å². The molecule has 5 heteroatoms. The first-order chi connectivity index (χ1) is 15.3. The molecular weight excluding hydrogens is 413 g/mol. The van der Waals surface area contributed by atoms with Crippen LogP contribution in [0.2, 0.25) is 0 Å². The summed E-state index contributed by atoms with van der Waals surface area (Å²) in [5, 5.41) is 3.79.